The number of methoxy groups -OCH3 is 1. The van der Waals surface area contributed by atoms with E-state index in [2.05, 4.69) is 24.7 Å². The number of hydrogen-bond acceptors (Lipinski definition) is 5. The van der Waals surface area contributed by atoms with Crippen molar-refractivity contribution >= 4 is 14.0 Å². The minimum absolute atomic E-state index is 0.193. The average Bonchev–Trinajstić information content (AvgIpc) is 2.87. The van der Waals surface area contributed by atoms with E-state index in [4.69, 9.17) is 15.2 Å². The fourth-order valence-corrected chi connectivity index (χ4v) is 3.71. The summed E-state index contributed by atoms with van der Waals surface area (Å²) in [7, 11) is 0.315. The predicted octanol–water partition coefficient (Wildman–Crippen LogP) is 2.25. The highest BCUT2D eigenvalue weighted by atomic mass is 28.3. The molecule has 6 nitrogen and oxygen atoms in total. The summed E-state index contributed by atoms with van der Waals surface area (Å²) in [5.74, 6) is -0.278. The van der Waals surface area contributed by atoms with Crippen LogP contribution in [0.5, 0.6) is 0 Å². The van der Waals surface area contributed by atoms with Gasteiger partial charge in [-0.3, -0.25) is 4.79 Å². The molecule has 1 aromatic heterocycles. The average molecular weight is 340 g/mol. The molecule has 0 unspecified atom stereocenters. The van der Waals surface area contributed by atoms with Crippen LogP contribution in [0.15, 0.2) is 6.20 Å². The van der Waals surface area contributed by atoms with Crippen LogP contribution in [0.4, 0.5) is 0 Å². The second kappa shape index (κ2) is 7.15. The van der Waals surface area contributed by atoms with Crippen LogP contribution >= 0.6 is 0 Å². The number of carbonyl (C=O) groups is 1. The SMILES string of the molecule is COC(=O)C[C@@]1(N)CCCc2c1cnn2COCC[Si](C)(C)C. The molecule has 1 aliphatic carbocycles. The second-order valence-corrected chi connectivity index (χ2v) is 13.2. The first-order chi connectivity index (χ1) is 10.7. The van der Waals surface area contributed by atoms with E-state index in [1.807, 2.05) is 4.68 Å². The van der Waals surface area contributed by atoms with Crippen LogP contribution in [0, 0.1) is 0 Å². The summed E-state index contributed by atoms with van der Waals surface area (Å²) in [6.07, 6.45) is 4.63. The Morgan fingerprint density at radius 2 is 2.22 bits per heavy atom. The maximum Gasteiger partial charge on any atom is 0.307 e. The number of rotatable bonds is 7. The van der Waals surface area contributed by atoms with E-state index in [-0.39, 0.29) is 12.4 Å². The van der Waals surface area contributed by atoms with Gasteiger partial charge in [-0.25, -0.2) is 4.68 Å². The van der Waals surface area contributed by atoms with Crippen molar-refractivity contribution in [2.75, 3.05) is 13.7 Å². The maximum absolute atomic E-state index is 11.7. The summed E-state index contributed by atoms with van der Waals surface area (Å²) < 4.78 is 12.5. The molecule has 0 amide bonds. The fraction of sp³-hybridized carbons (Fsp3) is 0.750. The zero-order valence-electron chi connectivity index (χ0n) is 14.7. The van der Waals surface area contributed by atoms with Crippen molar-refractivity contribution in [2.45, 2.75) is 63.6 Å². The van der Waals surface area contributed by atoms with Gasteiger partial charge in [-0.05, 0) is 25.3 Å². The van der Waals surface area contributed by atoms with Gasteiger partial charge in [0.2, 0.25) is 0 Å². The Morgan fingerprint density at radius 1 is 1.48 bits per heavy atom. The quantitative estimate of drug-likeness (QED) is 0.468. The standard InChI is InChI=1S/C16H29N3O3Si/c1-21-15(20)10-16(17)7-5-6-14-13(16)11-18-19(14)12-22-8-9-23(2,3)4/h11H,5-10,12,17H2,1-4H3/t16-/m0/s1. The number of ether oxygens (including phenoxy) is 2. The molecule has 0 bridgehead atoms. The Morgan fingerprint density at radius 3 is 2.87 bits per heavy atom. The summed E-state index contributed by atoms with van der Waals surface area (Å²) in [4.78, 5) is 11.7. The molecule has 0 spiro atoms. The lowest BCUT2D eigenvalue weighted by Gasteiger charge is -2.32. The first-order valence-corrected chi connectivity index (χ1v) is 11.9. The first kappa shape index (κ1) is 18.2. The van der Waals surface area contributed by atoms with Gasteiger partial charge in [0.15, 0.2) is 0 Å². The van der Waals surface area contributed by atoms with Gasteiger partial charge in [0.25, 0.3) is 0 Å². The van der Waals surface area contributed by atoms with Crippen molar-refractivity contribution in [3.63, 3.8) is 0 Å². The molecule has 2 N–H and O–H groups in total. The summed E-state index contributed by atoms with van der Waals surface area (Å²) >= 11 is 0. The molecule has 2 rings (SSSR count). The molecular weight excluding hydrogens is 310 g/mol. The van der Waals surface area contributed by atoms with Gasteiger partial charge in [0, 0.05) is 25.9 Å². The molecule has 7 heteroatoms. The van der Waals surface area contributed by atoms with Gasteiger partial charge in [-0.1, -0.05) is 19.6 Å². The number of hydrogen-bond donors (Lipinski definition) is 1. The molecule has 1 aliphatic rings. The maximum atomic E-state index is 11.7. The fourth-order valence-electron chi connectivity index (χ4n) is 2.95. The Balaban J connectivity index is 2.03. The van der Waals surface area contributed by atoms with Crippen LogP contribution < -0.4 is 5.73 Å². The summed E-state index contributed by atoms with van der Waals surface area (Å²) in [6, 6.07) is 1.14. The normalized spacial score (nSPS) is 21.1. The summed E-state index contributed by atoms with van der Waals surface area (Å²) in [5, 5.41) is 4.43. The third-order valence-electron chi connectivity index (χ3n) is 4.42. The van der Waals surface area contributed by atoms with E-state index in [9.17, 15) is 4.79 Å². The van der Waals surface area contributed by atoms with Gasteiger partial charge in [0.1, 0.15) is 6.73 Å². The van der Waals surface area contributed by atoms with Crippen LogP contribution in [0.25, 0.3) is 0 Å². The Labute approximate surface area is 139 Å². The highest BCUT2D eigenvalue weighted by Gasteiger charge is 2.37. The molecule has 1 aromatic rings. The third-order valence-corrected chi connectivity index (χ3v) is 6.12. The van der Waals surface area contributed by atoms with Gasteiger partial charge in [-0.2, -0.15) is 5.10 Å². The number of carbonyl (C=O) groups excluding carboxylic acids is 1. The minimum atomic E-state index is -1.08. The van der Waals surface area contributed by atoms with Gasteiger partial charge in [0.05, 0.1) is 25.3 Å². The van der Waals surface area contributed by atoms with E-state index >= 15 is 0 Å². The van der Waals surface area contributed by atoms with Crippen LogP contribution in [-0.4, -0.2) is 37.5 Å². The molecule has 0 aliphatic heterocycles. The molecule has 0 radical (unpaired) electrons. The Kier molecular flexibility index (Phi) is 5.64. The zero-order valence-corrected chi connectivity index (χ0v) is 15.7. The lowest BCUT2D eigenvalue weighted by atomic mass is 9.78. The van der Waals surface area contributed by atoms with E-state index in [0.29, 0.717) is 6.73 Å². The van der Waals surface area contributed by atoms with E-state index < -0.39 is 13.6 Å². The molecule has 0 saturated carbocycles. The molecule has 23 heavy (non-hydrogen) atoms. The van der Waals surface area contributed by atoms with Gasteiger partial charge < -0.3 is 15.2 Å². The van der Waals surface area contributed by atoms with E-state index in [0.717, 1.165) is 43.2 Å². The number of nitrogens with zero attached hydrogens (tertiary/aromatic N) is 2. The molecule has 0 saturated heterocycles. The number of fused-ring (bicyclic) bond motifs is 1. The van der Waals surface area contributed by atoms with Gasteiger partial charge in [-0.15, -0.1) is 0 Å². The molecule has 1 atom stereocenters. The minimum Gasteiger partial charge on any atom is -0.469 e. The highest BCUT2D eigenvalue weighted by Crippen LogP contribution is 2.36. The van der Waals surface area contributed by atoms with Crippen molar-refractivity contribution in [3.8, 4) is 0 Å². The third kappa shape index (κ3) is 4.65. The smallest absolute Gasteiger partial charge is 0.307 e. The number of nitrogens with two attached hydrogens (primary N) is 1. The van der Waals surface area contributed by atoms with Crippen LogP contribution in [-0.2, 0) is 33.0 Å². The van der Waals surface area contributed by atoms with Crippen molar-refractivity contribution in [2.24, 2.45) is 5.73 Å². The molecular formula is C16H29N3O3Si. The zero-order chi connectivity index (χ0) is 17.1. The lowest BCUT2D eigenvalue weighted by molar-refractivity contribution is -0.142. The Bertz CT molecular complexity index is 553. The summed E-state index contributed by atoms with van der Waals surface area (Å²) in [5.41, 5.74) is 7.87. The largest absolute Gasteiger partial charge is 0.469 e. The molecule has 0 aromatic carbocycles. The van der Waals surface area contributed by atoms with Crippen molar-refractivity contribution in [1.29, 1.82) is 0 Å². The van der Waals surface area contributed by atoms with E-state index in [1.165, 1.54) is 7.11 Å². The van der Waals surface area contributed by atoms with Crippen LogP contribution in [0.1, 0.15) is 30.5 Å². The predicted molar refractivity (Wildman–Crippen MR) is 91.8 cm³/mol. The molecule has 1 heterocycles. The van der Waals surface area contributed by atoms with Crippen molar-refractivity contribution in [3.05, 3.63) is 17.5 Å². The highest BCUT2D eigenvalue weighted by molar-refractivity contribution is 6.76. The van der Waals surface area contributed by atoms with Crippen LogP contribution in [0.2, 0.25) is 25.7 Å². The second-order valence-electron chi connectivity index (χ2n) is 7.62. The first-order valence-electron chi connectivity index (χ1n) is 8.24. The monoisotopic (exact) mass is 339 g/mol. The summed E-state index contributed by atoms with van der Waals surface area (Å²) in [6.45, 7) is 8.22. The van der Waals surface area contributed by atoms with Gasteiger partial charge >= 0.3 is 5.97 Å². The number of aromatic nitrogens is 2. The van der Waals surface area contributed by atoms with Crippen LogP contribution in [0.3, 0.4) is 0 Å². The number of esters is 1. The molecule has 0 fully saturated rings. The van der Waals surface area contributed by atoms with E-state index in [1.54, 1.807) is 6.20 Å². The Hall–Kier alpha value is -1.18. The topological polar surface area (TPSA) is 79.4 Å². The van der Waals surface area contributed by atoms with Crippen molar-refractivity contribution in [1.82, 2.24) is 9.78 Å². The lowest BCUT2D eigenvalue weighted by Crippen LogP contribution is -2.42. The molecule has 130 valence electrons. The van der Waals surface area contributed by atoms with Crippen molar-refractivity contribution < 1.29 is 14.3 Å².